The number of thiazole rings is 1. The number of hydrogen-bond acceptors (Lipinski definition) is 5. The average Bonchev–Trinajstić information content (AvgIpc) is 3.22. The van der Waals surface area contributed by atoms with Crippen LogP contribution < -0.4 is 14.8 Å². The summed E-state index contributed by atoms with van der Waals surface area (Å²) in [5.41, 5.74) is 2.86. The highest BCUT2D eigenvalue weighted by Gasteiger charge is 2.11. The van der Waals surface area contributed by atoms with Gasteiger partial charge in [0.2, 0.25) is 4.96 Å². The number of hydrogen-bond donors (Lipinski definition) is 0. The monoisotopic (exact) mass is 375 g/mol. The van der Waals surface area contributed by atoms with Gasteiger partial charge in [0.1, 0.15) is 5.75 Å². The van der Waals surface area contributed by atoms with Gasteiger partial charge in [-0.3, -0.25) is 4.79 Å². The Kier molecular flexibility index (Phi) is 4.56. The van der Waals surface area contributed by atoms with E-state index in [4.69, 9.17) is 4.74 Å². The smallest absolute Gasteiger partial charge is 0.291 e. The molecule has 2 aromatic heterocycles. The molecule has 0 saturated carbocycles. The lowest BCUT2D eigenvalue weighted by atomic mass is 10.1. The molecule has 0 fully saturated rings. The third-order valence-electron chi connectivity index (χ3n) is 4.15. The molecule has 2 heterocycles. The normalized spacial score (nSPS) is 12.3. The van der Waals surface area contributed by atoms with E-state index in [1.54, 1.807) is 13.2 Å². The van der Waals surface area contributed by atoms with Gasteiger partial charge in [0.15, 0.2) is 5.82 Å². The van der Waals surface area contributed by atoms with E-state index in [1.165, 1.54) is 21.4 Å². The number of para-hydroxylation sites is 1. The van der Waals surface area contributed by atoms with Crippen molar-refractivity contribution in [3.63, 3.8) is 0 Å². The fourth-order valence-corrected chi connectivity index (χ4v) is 3.58. The molecule has 134 valence electrons. The Morgan fingerprint density at radius 1 is 1.11 bits per heavy atom. The maximum absolute atomic E-state index is 12.6. The quantitative estimate of drug-likeness (QED) is 0.549. The molecule has 0 aliphatic heterocycles. The zero-order chi connectivity index (χ0) is 18.8. The summed E-state index contributed by atoms with van der Waals surface area (Å²) in [6.45, 7) is 2.03. The number of allylic oxidation sites excluding steroid dienone is 1. The third kappa shape index (κ3) is 3.39. The second-order valence-electron chi connectivity index (χ2n) is 6.04. The van der Waals surface area contributed by atoms with Crippen LogP contribution in [0.2, 0.25) is 0 Å². The number of rotatable bonds is 4. The minimum absolute atomic E-state index is 0.162. The maximum atomic E-state index is 12.6. The van der Waals surface area contributed by atoms with Crippen molar-refractivity contribution in [3.05, 3.63) is 80.6 Å². The summed E-state index contributed by atoms with van der Waals surface area (Å²) < 4.78 is 7.27. The lowest BCUT2D eigenvalue weighted by molar-refractivity contribution is 0.414. The molecule has 0 aliphatic carbocycles. The van der Waals surface area contributed by atoms with Crippen LogP contribution in [0.25, 0.3) is 28.5 Å². The number of methoxy groups -OCH3 is 1. The highest BCUT2D eigenvalue weighted by molar-refractivity contribution is 7.15. The summed E-state index contributed by atoms with van der Waals surface area (Å²) in [5.74, 6) is 1.35. The van der Waals surface area contributed by atoms with E-state index in [2.05, 4.69) is 10.1 Å². The molecule has 0 unspecified atom stereocenters. The van der Waals surface area contributed by atoms with Gasteiger partial charge in [0.25, 0.3) is 5.56 Å². The van der Waals surface area contributed by atoms with Crippen LogP contribution >= 0.6 is 11.3 Å². The van der Waals surface area contributed by atoms with Crippen molar-refractivity contribution in [2.75, 3.05) is 7.11 Å². The van der Waals surface area contributed by atoms with Gasteiger partial charge in [0.05, 0.1) is 11.6 Å². The summed E-state index contributed by atoms with van der Waals surface area (Å²) in [7, 11) is 1.64. The number of aromatic nitrogens is 3. The summed E-state index contributed by atoms with van der Waals surface area (Å²) in [5, 5.41) is 4.37. The topological polar surface area (TPSA) is 56.5 Å². The van der Waals surface area contributed by atoms with Gasteiger partial charge in [-0.15, -0.1) is 5.10 Å². The zero-order valence-electron chi connectivity index (χ0n) is 14.9. The fraction of sp³-hybridized carbons (Fsp3) is 0.0952. The van der Waals surface area contributed by atoms with Crippen LogP contribution in [0.4, 0.5) is 0 Å². The number of benzene rings is 2. The lowest BCUT2D eigenvalue weighted by Crippen LogP contribution is -2.23. The van der Waals surface area contributed by atoms with Crippen molar-refractivity contribution in [3.8, 4) is 17.1 Å². The summed E-state index contributed by atoms with van der Waals surface area (Å²) in [6.07, 6.45) is 5.53. The molecule has 2 aromatic carbocycles. The first-order valence-electron chi connectivity index (χ1n) is 8.44. The van der Waals surface area contributed by atoms with Crippen LogP contribution in [0.5, 0.6) is 5.75 Å². The molecular weight excluding hydrogens is 358 g/mol. The Hall–Kier alpha value is -3.25. The van der Waals surface area contributed by atoms with E-state index in [9.17, 15) is 4.79 Å². The van der Waals surface area contributed by atoms with Crippen molar-refractivity contribution in [2.45, 2.75) is 6.92 Å². The highest BCUT2D eigenvalue weighted by atomic mass is 32.1. The van der Waals surface area contributed by atoms with Crippen molar-refractivity contribution in [1.82, 2.24) is 14.6 Å². The molecular formula is C21H17N3O2S. The standard InChI is InChI=1S/C21H17N3O2S/c1-14-10-12-16(13-11-14)19-22-21-24(23-19)20(25)18(27-21)9-5-7-15-6-3-4-8-17(15)26-2/h3-13H,1-2H3/b7-5+,18-9-. The number of aryl methyl sites for hydroxylation is 1. The summed E-state index contributed by atoms with van der Waals surface area (Å²) in [4.78, 5) is 17.7. The van der Waals surface area contributed by atoms with E-state index in [1.807, 2.05) is 67.6 Å². The van der Waals surface area contributed by atoms with Gasteiger partial charge in [0, 0.05) is 11.1 Å². The van der Waals surface area contributed by atoms with Gasteiger partial charge in [-0.1, -0.05) is 71.5 Å². The molecule has 0 bridgehead atoms. The van der Waals surface area contributed by atoms with Gasteiger partial charge in [-0.2, -0.15) is 9.50 Å². The van der Waals surface area contributed by atoms with Crippen molar-refractivity contribution in [1.29, 1.82) is 0 Å². The third-order valence-corrected chi connectivity index (χ3v) is 5.13. The number of nitrogens with zero attached hydrogens (tertiary/aromatic N) is 3. The second kappa shape index (κ2) is 7.17. The van der Waals surface area contributed by atoms with Gasteiger partial charge in [-0.05, 0) is 19.1 Å². The predicted octanol–water partition coefficient (Wildman–Crippen LogP) is 3.35. The Morgan fingerprint density at radius 3 is 2.63 bits per heavy atom. The zero-order valence-corrected chi connectivity index (χ0v) is 15.7. The van der Waals surface area contributed by atoms with Crippen LogP contribution in [0.1, 0.15) is 11.1 Å². The molecule has 0 atom stereocenters. The number of fused-ring (bicyclic) bond motifs is 1. The number of ether oxygens (including phenoxy) is 1. The van der Waals surface area contributed by atoms with Crippen molar-refractivity contribution < 1.29 is 4.74 Å². The Bertz CT molecular complexity index is 1240. The van der Waals surface area contributed by atoms with E-state index < -0.39 is 0 Å². The minimum atomic E-state index is -0.162. The van der Waals surface area contributed by atoms with Crippen LogP contribution in [-0.4, -0.2) is 21.7 Å². The first-order valence-corrected chi connectivity index (χ1v) is 9.25. The van der Waals surface area contributed by atoms with Gasteiger partial charge in [-0.25, -0.2) is 0 Å². The first kappa shape index (κ1) is 17.2. The van der Waals surface area contributed by atoms with Crippen LogP contribution in [0, 0.1) is 6.92 Å². The van der Waals surface area contributed by atoms with E-state index in [0.29, 0.717) is 15.3 Å². The fourth-order valence-electron chi connectivity index (χ4n) is 2.72. The molecule has 0 radical (unpaired) electrons. The molecule has 27 heavy (non-hydrogen) atoms. The van der Waals surface area contributed by atoms with Crippen LogP contribution in [-0.2, 0) is 0 Å². The summed E-state index contributed by atoms with van der Waals surface area (Å²) >= 11 is 1.33. The maximum Gasteiger partial charge on any atom is 0.291 e. The molecule has 0 spiro atoms. The van der Waals surface area contributed by atoms with Gasteiger partial charge >= 0.3 is 0 Å². The molecule has 4 aromatic rings. The molecule has 4 rings (SSSR count). The predicted molar refractivity (Wildman–Crippen MR) is 109 cm³/mol. The minimum Gasteiger partial charge on any atom is -0.496 e. The molecule has 0 saturated heterocycles. The molecule has 0 amide bonds. The molecule has 5 nitrogen and oxygen atoms in total. The van der Waals surface area contributed by atoms with Crippen LogP contribution in [0.3, 0.4) is 0 Å². The average molecular weight is 375 g/mol. The Morgan fingerprint density at radius 2 is 1.89 bits per heavy atom. The summed E-state index contributed by atoms with van der Waals surface area (Å²) in [6, 6.07) is 15.6. The van der Waals surface area contributed by atoms with E-state index in [-0.39, 0.29) is 5.56 Å². The van der Waals surface area contributed by atoms with Crippen molar-refractivity contribution in [2.24, 2.45) is 0 Å². The highest BCUT2D eigenvalue weighted by Crippen LogP contribution is 2.19. The van der Waals surface area contributed by atoms with Crippen LogP contribution in [0.15, 0.2) is 59.4 Å². The van der Waals surface area contributed by atoms with Gasteiger partial charge < -0.3 is 4.74 Å². The first-order chi connectivity index (χ1) is 13.2. The lowest BCUT2D eigenvalue weighted by Gasteiger charge is -2.02. The Labute approximate surface area is 159 Å². The van der Waals surface area contributed by atoms with E-state index in [0.717, 1.165) is 16.9 Å². The second-order valence-corrected chi connectivity index (χ2v) is 7.04. The molecule has 6 heteroatoms. The Balaban J connectivity index is 1.67. The van der Waals surface area contributed by atoms with E-state index >= 15 is 0 Å². The SMILES string of the molecule is COc1ccccc1/C=C/C=c1\sc2nc(-c3ccc(C)cc3)nn2c1=O. The molecule has 0 N–H and O–H groups in total. The largest absolute Gasteiger partial charge is 0.496 e. The van der Waals surface area contributed by atoms with Crippen molar-refractivity contribution >= 4 is 28.4 Å². The molecule has 0 aliphatic rings.